The number of rotatable bonds is 9. The van der Waals surface area contributed by atoms with Crippen LogP contribution in [0.25, 0.3) is 33.5 Å². The number of hydrogen-bond donors (Lipinski definition) is 1. The summed E-state index contributed by atoms with van der Waals surface area (Å²) in [4.78, 5) is 18.9. The van der Waals surface area contributed by atoms with E-state index in [9.17, 15) is 4.39 Å². The molecular formula is C30H29FN6O2. The first-order chi connectivity index (χ1) is 19.1. The number of aromatic nitrogens is 5. The number of methoxy groups -OCH3 is 1. The summed E-state index contributed by atoms with van der Waals surface area (Å²) in [6, 6.07) is 18.0. The largest absolute Gasteiger partial charge is 0.497 e. The number of imidazole rings is 1. The van der Waals surface area contributed by atoms with Gasteiger partial charge in [-0.1, -0.05) is 6.92 Å². The van der Waals surface area contributed by atoms with Gasteiger partial charge in [-0.3, -0.25) is 0 Å². The summed E-state index contributed by atoms with van der Waals surface area (Å²) < 4.78 is 27.5. The summed E-state index contributed by atoms with van der Waals surface area (Å²) in [7, 11) is 1.65. The molecule has 0 unspecified atom stereocenters. The van der Waals surface area contributed by atoms with Gasteiger partial charge in [-0.15, -0.1) is 0 Å². The number of hydrogen-bond acceptors (Lipinski definition) is 7. The van der Waals surface area contributed by atoms with E-state index in [0.717, 1.165) is 70.9 Å². The maximum atomic E-state index is 13.7. The molecule has 0 radical (unpaired) electrons. The van der Waals surface area contributed by atoms with Crippen molar-refractivity contribution in [2.45, 2.75) is 32.2 Å². The molecule has 1 N–H and O–H groups in total. The molecule has 0 aliphatic carbocycles. The molecule has 1 aliphatic heterocycles. The highest BCUT2D eigenvalue weighted by atomic mass is 19.1. The van der Waals surface area contributed by atoms with Crippen molar-refractivity contribution in [2.24, 2.45) is 0 Å². The first kappa shape index (κ1) is 24.8. The maximum Gasteiger partial charge on any atom is 0.223 e. The maximum absolute atomic E-state index is 13.7. The van der Waals surface area contributed by atoms with Crippen molar-refractivity contribution in [3.63, 3.8) is 0 Å². The molecule has 0 spiro atoms. The van der Waals surface area contributed by atoms with Crippen molar-refractivity contribution in [1.29, 1.82) is 0 Å². The zero-order chi connectivity index (χ0) is 26.8. The highest BCUT2D eigenvalue weighted by molar-refractivity contribution is 5.81. The van der Waals surface area contributed by atoms with Gasteiger partial charge in [-0.2, -0.15) is 0 Å². The fourth-order valence-electron chi connectivity index (χ4n) is 4.97. The van der Waals surface area contributed by atoms with Crippen LogP contribution in [0.15, 0.2) is 66.9 Å². The second-order valence-electron chi connectivity index (χ2n) is 9.51. The number of nitrogens with zero attached hydrogens (tertiary/aromatic N) is 5. The van der Waals surface area contributed by atoms with Crippen molar-refractivity contribution in [3.8, 4) is 34.3 Å². The predicted molar refractivity (Wildman–Crippen MR) is 149 cm³/mol. The predicted octanol–water partition coefficient (Wildman–Crippen LogP) is 6.09. The van der Waals surface area contributed by atoms with Gasteiger partial charge < -0.3 is 19.4 Å². The fourth-order valence-corrected chi connectivity index (χ4v) is 4.97. The number of fused-ring (bicyclic) bond motifs is 2. The van der Waals surface area contributed by atoms with Gasteiger partial charge in [-0.05, 0) is 67.4 Å². The Hall–Kier alpha value is -4.53. The summed E-state index contributed by atoms with van der Waals surface area (Å²) >= 11 is 0. The Morgan fingerprint density at radius 2 is 1.90 bits per heavy atom. The Balaban J connectivity index is 1.34. The Bertz CT molecular complexity index is 1620. The van der Waals surface area contributed by atoms with Gasteiger partial charge in [0.1, 0.15) is 24.0 Å². The molecule has 0 bridgehead atoms. The molecule has 5 aromatic rings. The van der Waals surface area contributed by atoms with Crippen LogP contribution >= 0.6 is 0 Å². The highest BCUT2D eigenvalue weighted by Crippen LogP contribution is 2.39. The van der Waals surface area contributed by atoms with Crippen LogP contribution < -0.4 is 14.8 Å². The Kier molecular flexibility index (Phi) is 6.79. The molecule has 6 rings (SSSR count). The molecule has 0 saturated carbocycles. The normalized spacial score (nSPS) is 14.4. The van der Waals surface area contributed by atoms with Gasteiger partial charge in [-0.25, -0.2) is 24.3 Å². The van der Waals surface area contributed by atoms with Crippen LogP contribution in [0.5, 0.6) is 11.6 Å². The van der Waals surface area contributed by atoms with E-state index in [2.05, 4.69) is 26.8 Å². The van der Waals surface area contributed by atoms with Crippen LogP contribution in [0, 0.1) is 5.82 Å². The molecular weight excluding hydrogens is 495 g/mol. The van der Waals surface area contributed by atoms with E-state index in [-0.39, 0.29) is 11.9 Å². The quantitative estimate of drug-likeness (QED) is 0.250. The molecule has 39 heavy (non-hydrogen) atoms. The summed E-state index contributed by atoms with van der Waals surface area (Å²) in [5.41, 5.74) is 4.08. The molecule has 1 atom stereocenters. The lowest BCUT2D eigenvalue weighted by molar-refractivity contribution is 0.248. The van der Waals surface area contributed by atoms with Crippen molar-refractivity contribution in [2.75, 3.05) is 25.6 Å². The molecule has 1 aliphatic rings. The molecule has 0 saturated heterocycles. The fraction of sp³-hybridized carbons (Fsp3) is 0.267. The minimum Gasteiger partial charge on any atom is -0.497 e. The van der Waals surface area contributed by atoms with Crippen molar-refractivity contribution >= 4 is 16.9 Å². The van der Waals surface area contributed by atoms with Gasteiger partial charge >= 0.3 is 0 Å². The zero-order valence-corrected chi connectivity index (χ0v) is 21.9. The molecule has 3 aromatic heterocycles. The third-order valence-corrected chi connectivity index (χ3v) is 6.89. The Labute approximate surface area is 225 Å². The highest BCUT2D eigenvalue weighted by Gasteiger charge is 2.31. The topological polar surface area (TPSA) is 87.0 Å². The van der Waals surface area contributed by atoms with Crippen LogP contribution in [-0.4, -0.2) is 44.8 Å². The summed E-state index contributed by atoms with van der Waals surface area (Å²) in [6.45, 7) is 3.31. The minimum atomic E-state index is -0.284. The zero-order valence-electron chi connectivity index (χ0n) is 21.9. The number of aryl methyl sites for hydroxylation is 1. The molecule has 198 valence electrons. The van der Waals surface area contributed by atoms with Gasteiger partial charge in [0, 0.05) is 36.2 Å². The second-order valence-corrected chi connectivity index (χ2v) is 9.51. The number of benzene rings is 2. The van der Waals surface area contributed by atoms with Crippen molar-refractivity contribution in [3.05, 3.63) is 78.5 Å². The third-order valence-electron chi connectivity index (χ3n) is 6.89. The number of anilines is 1. The van der Waals surface area contributed by atoms with Crippen LogP contribution in [0.3, 0.4) is 0 Å². The monoisotopic (exact) mass is 524 g/mol. The van der Waals surface area contributed by atoms with Gasteiger partial charge in [0.2, 0.25) is 11.8 Å². The first-order valence-electron chi connectivity index (χ1n) is 13.1. The average molecular weight is 525 g/mol. The lowest BCUT2D eigenvalue weighted by Gasteiger charge is -2.18. The number of halogens is 1. The van der Waals surface area contributed by atoms with Gasteiger partial charge in [0.25, 0.3) is 0 Å². The molecule has 2 aromatic carbocycles. The van der Waals surface area contributed by atoms with Crippen molar-refractivity contribution in [1.82, 2.24) is 24.5 Å². The summed E-state index contributed by atoms with van der Waals surface area (Å²) in [6.07, 6.45) is 4.41. The van der Waals surface area contributed by atoms with Crippen molar-refractivity contribution < 1.29 is 13.9 Å². The summed E-state index contributed by atoms with van der Waals surface area (Å²) in [5.74, 6) is 2.59. The lowest BCUT2D eigenvalue weighted by atomic mass is 10.1. The van der Waals surface area contributed by atoms with Crippen LogP contribution in [-0.2, 0) is 6.42 Å². The number of ether oxygens (including phenoxy) is 2. The molecule has 9 heteroatoms. The number of pyridine rings is 1. The van der Waals surface area contributed by atoms with E-state index < -0.39 is 0 Å². The lowest BCUT2D eigenvalue weighted by Crippen LogP contribution is -2.16. The van der Waals surface area contributed by atoms with Crippen LogP contribution in [0.4, 0.5) is 10.3 Å². The van der Waals surface area contributed by atoms with E-state index in [4.69, 9.17) is 19.4 Å². The standard InChI is InChI=1S/C30H29FN6O2/c1-3-15-32-30-33-16-14-25(35-30)29-28(19-4-7-21(31)8-5-19)36-26-12-9-22(37(26)29)18-39-27-13-6-20-17-23(38-2)10-11-24(20)34-27/h4-8,10-11,13-14,16-17,22H,3,9,12,15,18H2,1-2H3,(H,32,33,35)/t22-/m0/s1. The van der Waals surface area contributed by atoms with E-state index >= 15 is 0 Å². The smallest absolute Gasteiger partial charge is 0.223 e. The molecule has 4 heterocycles. The van der Waals surface area contributed by atoms with Crippen LogP contribution in [0.2, 0.25) is 0 Å². The average Bonchev–Trinajstić information content (AvgIpc) is 3.54. The van der Waals surface area contributed by atoms with Gasteiger partial charge in [0.05, 0.1) is 35.8 Å². The van der Waals surface area contributed by atoms with Gasteiger partial charge in [0.15, 0.2) is 0 Å². The van der Waals surface area contributed by atoms with Crippen LogP contribution in [0.1, 0.15) is 31.6 Å². The van der Waals surface area contributed by atoms with E-state index in [1.807, 2.05) is 36.4 Å². The SMILES string of the molecule is CCCNc1nccc(-c2c(-c3ccc(F)cc3)nc3n2[C@H](COc2ccc4cc(OC)ccc4n2)CC3)n1. The van der Waals surface area contributed by atoms with E-state index in [0.29, 0.717) is 18.4 Å². The molecule has 8 nitrogen and oxygen atoms in total. The molecule has 0 amide bonds. The Morgan fingerprint density at radius 3 is 2.72 bits per heavy atom. The first-order valence-corrected chi connectivity index (χ1v) is 13.1. The molecule has 0 fully saturated rings. The third kappa shape index (κ3) is 4.99. The Morgan fingerprint density at radius 1 is 1.03 bits per heavy atom. The van der Waals surface area contributed by atoms with E-state index in [1.165, 1.54) is 12.1 Å². The second kappa shape index (κ2) is 10.7. The minimum absolute atomic E-state index is 0.0343. The number of nitrogens with one attached hydrogen (secondary N) is 1. The van der Waals surface area contributed by atoms with E-state index in [1.54, 1.807) is 25.4 Å². The summed E-state index contributed by atoms with van der Waals surface area (Å²) in [5, 5.41) is 4.26.